The van der Waals surface area contributed by atoms with Gasteiger partial charge in [0.05, 0.1) is 6.54 Å². The highest BCUT2D eigenvalue weighted by Crippen LogP contribution is 2.25. The predicted molar refractivity (Wildman–Crippen MR) is 44.0 cm³/mol. The highest BCUT2D eigenvalue weighted by atomic mass is 16.4. The number of aliphatic carboxylic acids is 1. The van der Waals surface area contributed by atoms with Crippen molar-refractivity contribution in [3.05, 3.63) is 0 Å². The summed E-state index contributed by atoms with van der Waals surface area (Å²) in [5, 5.41) is 19.5. The number of aliphatic hydroxyl groups excluding tert-OH is 1. The van der Waals surface area contributed by atoms with Crippen molar-refractivity contribution in [1.82, 2.24) is 5.32 Å². The molecule has 1 saturated carbocycles. The third-order valence-corrected chi connectivity index (χ3v) is 2.23. The standard InChI is InChI=1S/C8H13NO4/c10-6(8(12)13)4-9-7(11)5-2-1-3-5/h5-6,10H,1-4H2,(H,9,11)(H,12,13)/t6-/m0/s1. The fourth-order valence-corrected chi connectivity index (χ4v) is 1.10. The fraction of sp³-hybridized carbons (Fsp3) is 0.750. The van der Waals surface area contributed by atoms with Crippen LogP contribution in [0.15, 0.2) is 0 Å². The molecule has 5 nitrogen and oxygen atoms in total. The minimum Gasteiger partial charge on any atom is -0.479 e. The molecule has 0 heterocycles. The van der Waals surface area contributed by atoms with Crippen molar-refractivity contribution in [2.45, 2.75) is 25.4 Å². The lowest BCUT2D eigenvalue weighted by atomic mass is 9.85. The number of amides is 1. The van der Waals surface area contributed by atoms with Crippen LogP contribution in [0.1, 0.15) is 19.3 Å². The van der Waals surface area contributed by atoms with Gasteiger partial charge in [0, 0.05) is 5.92 Å². The van der Waals surface area contributed by atoms with Crippen LogP contribution < -0.4 is 5.32 Å². The molecule has 1 amide bonds. The Bertz CT molecular complexity index is 212. The highest BCUT2D eigenvalue weighted by molar-refractivity contribution is 5.80. The first kappa shape index (κ1) is 9.98. The summed E-state index contributed by atoms with van der Waals surface area (Å²) in [7, 11) is 0. The Balaban J connectivity index is 2.17. The normalized spacial score (nSPS) is 18.8. The van der Waals surface area contributed by atoms with Gasteiger partial charge in [0.2, 0.25) is 5.91 Å². The van der Waals surface area contributed by atoms with Gasteiger partial charge in [-0.05, 0) is 12.8 Å². The van der Waals surface area contributed by atoms with Gasteiger partial charge in [-0.15, -0.1) is 0 Å². The Morgan fingerprint density at radius 2 is 2.08 bits per heavy atom. The highest BCUT2D eigenvalue weighted by Gasteiger charge is 2.25. The number of aliphatic hydroxyl groups is 1. The Morgan fingerprint density at radius 1 is 1.46 bits per heavy atom. The van der Waals surface area contributed by atoms with Crippen molar-refractivity contribution in [3.63, 3.8) is 0 Å². The number of hydrogen-bond acceptors (Lipinski definition) is 3. The Kier molecular flexibility index (Phi) is 3.25. The van der Waals surface area contributed by atoms with Crippen LogP contribution in [-0.4, -0.2) is 34.7 Å². The minimum absolute atomic E-state index is 0.0287. The molecule has 0 radical (unpaired) electrons. The van der Waals surface area contributed by atoms with Gasteiger partial charge in [-0.1, -0.05) is 6.42 Å². The van der Waals surface area contributed by atoms with Crippen molar-refractivity contribution in [2.24, 2.45) is 5.92 Å². The van der Waals surface area contributed by atoms with Gasteiger partial charge in [0.15, 0.2) is 6.10 Å². The Hall–Kier alpha value is -1.10. The first-order valence-electron chi connectivity index (χ1n) is 4.30. The van der Waals surface area contributed by atoms with Crippen LogP contribution in [0.3, 0.4) is 0 Å². The van der Waals surface area contributed by atoms with Crippen LogP contribution in [0.5, 0.6) is 0 Å². The van der Waals surface area contributed by atoms with Crippen molar-refractivity contribution < 1.29 is 19.8 Å². The number of carbonyl (C=O) groups is 2. The van der Waals surface area contributed by atoms with Gasteiger partial charge in [-0.3, -0.25) is 4.79 Å². The molecule has 0 aliphatic heterocycles. The van der Waals surface area contributed by atoms with Gasteiger partial charge in [-0.25, -0.2) is 4.79 Å². The first-order valence-corrected chi connectivity index (χ1v) is 4.30. The molecule has 0 aromatic heterocycles. The number of nitrogens with one attached hydrogen (secondary N) is 1. The molecule has 74 valence electrons. The van der Waals surface area contributed by atoms with E-state index in [0.29, 0.717) is 0 Å². The summed E-state index contributed by atoms with van der Waals surface area (Å²) < 4.78 is 0. The summed E-state index contributed by atoms with van der Waals surface area (Å²) in [4.78, 5) is 21.3. The zero-order chi connectivity index (χ0) is 9.84. The quantitative estimate of drug-likeness (QED) is 0.545. The fourth-order valence-electron chi connectivity index (χ4n) is 1.10. The van der Waals surface area contributed by atoms with Crippen molar-refractivity contribution in [3.8, 4) is 0 Å². The van der Waals surface area contributed by atoms with E-state index in [4.69, 9.17) is 10.2 Å². The molecule has 0 unspecified atom stereocenters. The molecule has 1 rings (SSSR count). The summed E-state index contributed by atoms with van der Waals surface area (Å²) in [6, 6.07) is 0. The summed E-state index contributed by atoms with van der Waals surface area (Å²) in [5.74, 6) is -1.43. The molecule has 3 N–H and O–H groups in total. The average Bonchev–Trinajstić information content (AvgIpc) is 1.96. The van der Waals surface area contributed by atoms with E-state index in [-0.39, 0.29) is 18.4 Å². The molecular formula is C8H13NO4. The maximum Gasteiger partial charge on any atom is 0.334 e. The van der Waals surface area contributed by atoms with Gasteiger partial charge >= 0.3 is 5.97 Å². The third kappa shape index (κ3) is 2.69. The van der Waals surface area contributed by atoms with Crippen LogP contribution in [0, 0.1) is 5.92 Å². The average molecular weight is 187 g/mol. The van der Waals surface area contributed by atoms with Crippen LogP contribution in [0.25, 0.3) is 0 Å². The Labute approximate surface area is 75.7 Å². The lowest BCUT2D eigenvalue weighted by Gasteiger charge is -2.24. The lowest BCUT2D eigenvalue weighted by molar-refractivity contribution is -0.146. The first-order chi connectivity index (χ1) is 6.11. The summed E-state index contributed by atoms with van der Waals surface area (Å²) >= 11 is 0. The van der Waals surface area contributed by atoms with E-state index < -0.39 is 12.1 Å². The van der Waals surface area contributed by atoms with E-state index >= 15 is 0 Å². The molecule has 13 heavy (non-hydrogen) atoms. The number of rotatable bonds is 4. The molecule has 0 aromatic carbocycles. The van der Waals surface area contributed by atoms with E-state index in [0.717, 1.165) is 19.3 Å². The summed E-state index contributed by atoms with van der Waals surface area (Å²) in [5.41, 5.74) is 0. The molecule has 1 aliphatic rings. The van der Waals surface area contributed by atoms with Gasteiger partial charge in [-0.2, -0.15) is 0 Å². The second-order valence-electron chi connectivity index (χ2n) is 3.23. The topological polar surface area (TPSA) is 86.6 Å². The maximum absolute atomic E-state index is 11.1. The van der Waals surface area contributed by atoms with E-state index in [1.54, 1.807) is 0 Å². The maximum atomic E-state index is 11.1. The summed E-state index contributed by atoms with van der Waals surface area (Å²) in [6.07, 6.45) is 1.30. The number of carbonyl (C=O) groups excluding carboxylic acids is 1. The SMILES string of the molecule is O=C(NC[C@H](O)C(=O)O)C1CCC1. The second-order valence-corrected chi connectivity index (χ2v) is 3.23. The van der Waals surface area contributed by atoms with Gasteiger partial charge in [0.1, 0.15) is 0 Å². The third-order valence-electron chi connectivity index (χ3n) is 2.23. The van der Waals surface area contributed by atoms with Crippen LogP contribution in [0.2, 0.25) is 0 Å². The van der Waals surface area contributed by atoms with Crippen LogP contribution >= 0.6 is 0 Å². The zero-order valence-corrected chi connectivity index (χ0v) is 7.19. The van der Waals surface area contributed by atoms with Crippen molar-refractivity contribution >= 4 is 11.9 Å². The van der Waals surface area contributed by atoms with Crippen LogP contribution in [0.4, 0.5) is 0 Å². The molecule has 0 bridgehead atoms. The molecule has 5 heteroatoms. The largest absolute Gasteiger partial charge is 0.479 e. The van der Waals surface area contributed by atoms with E-state index in [1.165, 1.54) is 0 Å². The zero-order valence-electron chi connectivity index (χ0n) is 7.19. The molecule has 0 saturated heterocycles. The lowest BCUT2D eigenvalue weighted by Crippen LogP contribution is -2.41. The molecule has 0 spiro atoms. The van der Waals surface area contributed by atoms with E-state index in [1.807, 2.05) is 0 Å². The minimum atomic E-state index is -1.50. The summed E-state index contributed by atoms with van der Waals surface area (Å²) in [6.45, 7) is -0.204. The molecular weight excluding hydrogens is 174 g/mol. The smallest absolute Gasteiger partial charge is 0.334 e. The molecule has 1 atom stereocenters. The van der Waals surface area contributed by atoms with Crippen molar-refractivity contribution in [2.75, 3.05) is 6.54 Å². The number of hydrogen-bond donors (Lipinski definition) is 3. The molecule has 1 aliphatic carbocycles. The second kappa shape index (κ2) is 4.23. The number of carboxylic acids is 1. The van der Waals surface area contributed by atoms with Crippen LogP contribution in [-0.2, 0) is 9.59 Å². The molecule has 1 fully saturated rings. The number of carboxylic acid groups (broad SMARTS) is 1. The van der Waals surface area contributed by atoms with E-state index in [2.05, 4.69) is 5.32 Å². The Morgan fingerprint density at radius 3 is 2.46 bits per heavy atom. The monoisotopic (exact) mass is 187 g/mol. The van der Waals surface area contributed by atoms with Crippen molar-refractivity contribution in [1.29, 1.82) is 0 Å². The molecule has 0 aromatic rings. The van der Waals surface area contributed by atoms with E-state index in [9.17, 15) is 9.59 Å². The predicted octanol–water partition coefficient (Wildman–Crippen LogP) is -0.652. The van der Waals surface area contributed by atoms with Gasteiger partial charge in [0.25, 0.3) is 0 Å². The van der Waals surface area contributed by atoms with Gasteiger partial charge < -0.3 is 15.5 Å².